The smallest absolute Gasteiger partial charge is 0.351 e. The highest BCUT2D eigenvalue weighted by Crippen LogP contribution is 2.29. The number of rotatable bonds is 4. The van der Waals surface area contributed by atoms with E-state index in [2.05, 4.69) is 10.3 Å². The van der Waals surface area contributed by atoms with E-state index in [1.165, 1.54) is 28.9 Å². The Morgan fingerprint density at radius 3 is 2.54 bits per heavy atom. The van der Waals surface area contributed by atoms with Crippen LogP contribution in [0, 0.1) is 0 Å². The van der Waals surface area contributed by atoms with Crippen LogP contribution in [0.5, 0.6) is 0 Å². The van der Waals surface area contributed by atoms with Crippen molar-refractivity contribution in [2.75, 3.05) is 6.54 Å². The summed E-state index contributed by atoms with van der Waals surface area (Å²) in [6.45, 7) is 0.182. The Morgan fingerprint density at radius 1 is 1.12 bits per heavy atom. The molecule has 1 amide bonds. The van der Waals surface area contributed by atoms with Crippen molar-refractivity contribution < 1.29 is 18.0 Å². The van der Waals surface area contributed by atoms with Gasteiger partial charge in [0.15, 0.2) is 0 Å². The van der Waals surface area contributed by atoms with Crippen LogP contribution in [0.3, 0.4) is 0 Å². The van der Waals surface area contributed by atoms with Crippen molar-refractivity contribution in [1.82, 2.24) is 14.7 Å². The molecule has 5 nitrogen and oxygen atoms in total. The maximum atomic E-state index is 12.5. The SMILES string of the molecule is O=C(NCCc1ccc(C(F)(F)F)cc1)c1cnc2ccccn2c1=O. The topological polar surface area (TPSA) is 63.5 Å². The molecule has 0 atom stereocenters. The number of alkyl halides is 3. The molecule has 0 radical (unpaired) electrons. The number of fused-ring (bicyclic) bond motifs is 1. The fourth-order valence-electron chi connectivity index (χ4n) is 2.46. The summed E-state index contributed by atoms with van der Waals surface area (Å²) < 4.78 is 38.8. The molecular formula is C18H14F3N3O2. The van der Waals surface area contributed by atoms with Gasteiger partial charge in [0.25, 0.3) is 11.5 Å². The molecule has 1 aromatic carbocycles. The minimum atomic E-state index is -4.38. The van der Waals surface area contributed by atoms with Gasteiger partial charge >= 0.3 is 6.18 Å². The molecule has 0 bridgehead atoms. The van der Waals surface area contributed by atoms with E-state index in [0.29, 0.717) is 17.6 Å². The van der Waals surface area contributed by atoms with Crippen LogP contribution in [0.2, 0.25) is 0 Å². The quantitative estimate of drug-likeness (QED) is 0.777. The zero-order valence-electron chi connectivity index (χ0n) is 13.5. The van der Waals surface area contributed by atoms with E-state index in [0.717, 1.165) is 12.1 Å². The van der Waals surface area contributed by atoms with Crippen LogP contribution in [0.25, 0.3) is 5.65 Å². The minimum absolute atomic E-state index is 0.0962. The van der Waals surface area contributed by atoms with Crippen molar-refractivity contribution in [2.45, 2.75) is 12.6 Å². The molecule has 0 saturated heterocycles. The monoisotopic (exact) mass is 361 g/mol. The maximum Gasteiger partial charge on any atom is 0.416 e. The molecule has 0 aliphatic carbocycles. The first kappa shape index (κ1) is 17.7. The number of benzene rings is 1. The van der Waals surface area contributed by atoms with Crippen LogP contribution in [0.1, 0.15) is 21.5 Å². The molecule has 26 heavy (non-hydrogen) atoms. The van der Waals surface area contributed by atoms with Gasteiger partial charge in [-0.15, -0.1) is 0 Å². The number of amides is 1. The van der Waals surface area contributed by atoms with Gasteiger partial charge < -0.3 is 5.32 Å². The second kappa shape index (κ2) is 6.99. The van der Waals surface area contributed by atoms with Crippen molar-refractivity contribution in [1.29, 1.82) is 0 Å². The Morgan fingerprint density at radius 2 is 1.85 bits per heavy atom. The highest BCUT2D eigenvalue weighted by molar-refractivity contribution is 5.93. The summed E-state index contributed by atoms with van der Waals surface area (Å²) in [5.74, 6) is -0.576. The van der Waals surface area contributed by atoms with Crippen molar-refractivity contribution in [3.8, 4) is 0 Å². The Bertz CT molecular complexity index is 995. The van der Waals surface area contributed by atoms with Gasteiger partial charge in [0.2, 0.25) is 0 Å². The van der Waals surface area contributed by atoms with E-state index in [1.807, 2.05) is 0 Å². The van der Waals surface area contributed by atoms with Crippen molar-refractivity contribution >= 4 is 11.6 Å². The molecule has 3 aromatic rings. The van der Waals surface area contributed by atoms with Gasteiger partial charge in [-0.2, -0.15) is 13.2 Å². The number of halogens is 3. The molecule has 1 N–H and O–H groups in total. The van der Waals surface area contributed by atoms with Gasteiger partial charge in [-0.05, 0) is 36.2 Å². The minimum Gasteiger partial charge on any atom is -0.351 e. The highest BCUT2D eigenvalue weighted by Gasteiger charge is 2.29. The number of carbonyl (C=O) groups is 1. The number of pyridine rings is 1. The predicted molar refractivity (Wildman–Crippen MR) is 88.9 cm³/mol. The molecule has 0 aliphatic heterocycles. The summed E-state index contributed by atoms with van der Waals surface area (Å²) in [5.41, 5.74) is -0.227. The number of nitrogens with zero attached hydrogens (tertiary/aromatic N) is 2. The maximum absolute atomic E-state index is 12.5. The van der Waals surface area contributed by atoms with Crippen LogP contribution >= 0.6 is 0 Å². The molecule has 8 heteroatoms. The van der Waals surface area contributed by atoms with Gasteiger partial charge in [-0.1, -0.05) is 18.2 Å². The largest absolute Gasteiger partial charge is 0.416 e. The Balaban J connectivity index is 1.64. The molecule has 2 aromatic heterocycles. The summed E-state index contributed by atoms with van der Waals surface area (Å²) >= 11 is 0. The van der Waals surface area contributed by atoms with Crippen molar-refractivity contribution in [3.63, 3.8) is 0 Å². The summed E-state index contributed by atoms with van der Waals surface area (Å²) in [6.07, 6.45) is -1.31. The lowest BCUT2D eigenvalue weighted by Gasteiger charge is -2.08. The van der Waals surface area contributed by atoms with E-state index in [1.54, 1.807) is 18.2 Å². The summed E-state index contributed by atoms with van der Waals surface area (Å²) in [5, 5.41) is 2.58. The third-order valence-electron chi connectivity index (χ3n) is 3.84. The molecule has 2 heterocycles. The van der Waals surface area contributed by atoms with Crippen LogP contribution in [-0.4, -0.2) is 21.8 Å². The van der Waals surface area contributed by atoms with E-state index in [9.17, 15) is 22.8 Å². The van der Waals surface area contributed by atoms with Crippen LogP contribution in [-0.2, 0) is 12.6 Å². The highest BCUT2D eigenvalue weighted by atomic mass is 19.4. The van der Waals surface area contributed by atoms with Gasteiger partial charge in [0, 0.05) is 18.9 Å². The standard InChI is InChI=1S/C18H14F3N3O2/c19-18(20,21)13-6-4-12(5-7-13)8-9-22-16(25)14-11-23-15-3-1-2-10-24(15)17(14)26/h1-7,10-11H,8-9H2,(H,22,25). The number of aromatic nitrogens is 2. The fraction of sp³-hybridized carbons (Fsp3) is 0.167. The summed E-state index contributed by atoms with van der Waals surface area (Å²) in [6, 6.07) is 9.75. The second-order valence-corrected chi connectivity index (χ2v) is 5.61. The molecule has 0 aliphatic rings. The lowest BCUT2D eigenvalue weighted by Crippen LogP contribution is -2.32. The molecule has 0 fully saturated rings. The molecule has 134 valence electrons. The zero-order valence-corrected chi connectivity index (χ0v) is 13.5. The van der Waals surface area contributed by atoms with E-state index in [4.69, 9.17) is 0 Å². The normalized spacial score (nSPS) is 11.5. The molecular weight excluding hydrogens is 347 g/mol. The van der Waals surface area contributed by atoms with Gasteiger partial charge in [0.05, 0.1) is 5.56 Å². The Hall–Kier alpha value is -3.16. The number of hydrogen-bond acceptors (Lipinski definition) is 3. The second-order valence-electron chi connectivity index (χ2n) is 5.61. The first-order valence-electron chi connectivity index (χ1n) is 7.77. The Kier molecular flexibility index (Phi) is 4.75. The third-order valence-corrected chi connectivity index (χ3v) is 3.84. The van der Waals surface area contributed by atoms with E-state index in [-0.39, 0.29) is 12.1 Å². The molecule has 0 saturated carbocycles. The van der Waals surface area contributed by atoms with E-state index < -0.39 is 23.2 Å². The number of hydrogen-bond donors (Lipinski definition) is 1. The average molecular weight is 361 g/mol. The predicted octanol–water partition coefficient (Wildman–Crippen LogP) is 2.69. The number of carbonyl (C=O) groups excluding carboxylic acids is 1. The molecule has 0 spiro atoms. The first-order valence-corrected chi connectivity index (χ1v) is 7.77. The summed E-state index contributed by atoms with van der Waals surface area (Å²) in [4.78, 5) is 28.5. The molecule has 3 rings (SSSR count). The van der Waals surface area contributed by atoms with Gasteiger partial charge in [-0.3, -0.25) is 14.0 Å². The van der Waals surface area contributed by atoms with Crippen LogP contribution < -0.4 is 10.9 Å². The lowest BCUT2D eigenvalue weighted by molar-refractivity contribution is -0.137. The van der Waals surface area contributed by atoms with Crippen LogP contribution in [0.4, 0.5) is 13.2 Å². The van der Waals surface area contributed by atoms with E-state index >= 15 is 0 Å². The third kappa shape index (κ3) is 3.74. The van der Waals surface area contributed by atoms with Gasteiger partial charge in [-0.25, -0.2) is 4.98 Å². The summed E-state index contributed by atoms with van der Waals surface area (Å²) in [7, 11) is 0. The average Bonchev–Trinajstić information content (AvgIpc) is 2.62. The molecule has 0 unspecified atom stereocenters. The van der Waals surface area contributed by atoms with Gasteiger partial charge in [0.1, 0.15) is 11.2 Å². The number of nitrogens with one attached hydrogen (secondary N) is 1. The zero-order chi connectivity index (χ0) is 18.7. The first-order chi connectivity index (χ1) is 12.4. The fourth-order valence-corrected chi connectivity index (χ4v) is 2.46. The van der Waals surface area contributed by atoms with Crippen LogP contribution in [0.15, 0.2) is 59.7 Å². The van der Waals surface area contributed by atoms with Crippen molar-refractivity contribution in [2.24, 2.45) is 0 Å². The lowest BCUT2D eigenvalue weighted by atomic mass is 10.1. The Labute approximate surface area is 146 Å². The van der Waals surface area contributed by atoms with Crippen molar-refractivity contribution in [3.05, 3.63) is 81.9 Å².